The van der Waals surface area contributed by atoms with E-state index in [4.69, 9.17) is 10.00 Å². The van der Waals surface area contributed by atoms with Gasteiger partial charge in [-0.05, 0) is 53.6 Å². The van der Waals surface area contributed by atoms with Crippen LogP contribution in [-0.2, 0) is 4.74 Å². The van der Waals surface area contributed by atoms with Crippen LogP contribution >= 0.6 is 0 Å². The predicted octanol–water partition coefficient (Wildman–Crippen LogP) is 4.23. The molecule has 0 unspecified atom stereocenters. The molecule has 0 heterocycles. The van der Waals surface area contributed by atoms with Gasteiger partial charge in [0.15, 0.2) is 0 Å². The lowest BCUT2D eigenvalue weighted by Gasteiger charge is -2.07. The second-order valence-corrected chi connectivity index (χ2v) is 5.68. The van der Waals surface area contributed by atoms with Crippen LogP contribution in [0.25, 0.3) is 11.1 Å². The number of hydrogen-bond acceptors (Lipinski definition) is 5. The molecule has 0 saturated heterocycles. The van der Waals surface area contributed by atoms with Gasteiger partial charge in [0, 0.05) is 0 Å². The summed E-state index contributed by atoms with van der Waals surface area (Å²) in [6, 6.07) is 22.5. The van der Waals surface area contributed by atoms with Crippen LogP contribution in [0.4, 0.5) is 0 Å². The average molecular weight is 357 g/mol. The molecule has 0 saturated carbocycles. The first-order valence-corrected chi connectivity index (χ1v) is 8.12. The van der Waals surface area contributed by atoms with Gasteiger partial charge < -0.3 is 9.47 Å². The second-order valence-electron chi connectivity index (χ2n) is 5.68. The summed E-state index contributed by atoms with van der Waals surface area (Å²) in [5, 5.41) is 8.85. The number of hydrogen-bond donors (Lipinski definition) is 0. The van der Waals surface area contributed by atoms with Crippen LogP contribution in [0.3, 0.4) is 0 Å². The van der Waals surface area contributed by atoms with Crippen LogP contribution in [0.1, 0.15) is 26.3 Å². The van der Waals surface area contributed by atoms with Gasteiger partial charge in [0.2, 0.25) is 0 Å². The van der Waals surface area contributed by atoms with Crippen LogP contribution < -0.4 is 4.74 Å². The zero-order valence-electron chi connectivity index (χ0n) is 14.5. The van der Waals surface area contributed by atoms with E-state index in [1.807, 2.05) is 24.3 Å². The highest BCUT2D eigenvalue weighted by atomic mass is 16.5. The number of methoxy groups -OCH3 is 1. The number of nitrogens with zero attached hydrogens (tertiary/aromatic N) is 1. The number of nitriles is 1. The highest BCUT2D eigenvalue weighted by Gasteiger charge is 2.12. The van der Waals surface area contributed by atoms with Crippen LogP contribution in [0.2, 0.25) is 0 Å². The highest BCUT2D eigenvalue weighted by Crippen LogP contribution is 2.23. The molecule has 3 aromatic carbocycles. The molecule has 0 bridgehead atoms. The Morgan fingerprint density at radius 2 is 1.37 bits per heavy atom. The predicted molar refractivity (Wildman–Crippen MR) is 99.3 cm³/mol. The zero-order valence-corrected chi connectivity index (χ0v) is 14.5. The third kappa shape index (κ3) is 4.20. The van der Waals surface area contributed by atoms with Gasteiger partial charge in [0.1, 0.15) is 5.75 Å². The maximum absolute atomic E-state index is 12.3. The largest absolute Gasteiger partial charge is 0.465 e. The first-order valence-electron chi connectivity index (χ1n) is 8.12. The van der Waals surface area contributed by atoms with E-state index >= 15 is 0 Å². The van der Waals surface area contributed by atoms with Crippen molar-refractivity contribution >= 4 is 11.9 Å². The Hall–Kier alpha value is -3.91. The molecule has 3 aromatic rings. The Labute approximate surface area is 156 Å². The SMILES string of the molecule is COC(=O)c1cccc(C(=O)Oc2ccc(-c3ccc(C#N)cc3)cc2)c1. The fraction of sp³-hybridized carbons (Fsp3) is 0.0455. The Bertz CT molecular complexity index is 1020. The summed E-state index contributed by atoms with van der Waals surface area (Å²) in [4.78, 5) is 23.9. The topological polar surface area (TPSA) is 76.4 Å². The maximum atomic E-state index is 12.3. The molecule has 0 aliphatic heterocycles. The van der Waals surface area contributed by atoms with Crippen molar-refractivity contribution < 1.29 is 19.1 Å². The van der Waals surface area contributed by atoms with E-state index in [1.165, 1.54) is 13.2 Å². The highest BCUT2D eigenvalue weighted by molar-refractivity contribution is 5.96. The zero-order chi connectivity index (χ0) is 19.2. The van der Waals surface area contributed by atoms with E-state index in [9.17, 15) is 9.59 Å². The van der Waals surface area contributed by atoms with Gasteiger partial charge in [0.05, 0.1) is 29.9 Å². The molecule has 27 heavy (non-hydrogen) atoms. The van der Waals surface area contributed by atoms with E-state index in [0.29, 0.717) is 11.3 Å². The standard InChI is InChI=1S/C22H15NO4/c1-26-21(24)18-3-2-4-19(13-18)22(25)27-20-11-9-17(10-12-20)16-7-5-15(14-23)6-8-16/h2-13H,1H3. The summed E-state index contributed by atoms with van der Waals surface area (Å²) in [5.74, 6) is -0.691. The van der Waals surface area contributed by atoms with Crippen molar-refractivity contribution in [2.24, 2.45) is 0 Å². The summed E-state index contributed by atoms with van der Waals surface area (Å²) in [5.41, 5.74) is 3.03. The van der Waals surface area contributed by atoms with Crippen molar-refractivity contribution in [1.82, 2.24) is 0 Å². The van der Waals surface area contributed by atoms with Crippen molar-refractivity contribution in [2.75, 3.05) is 7.11 Å². The smallest absolute Gasteiger partial charge is 0.343 e. The van der Waals surface area contributed by atoms with Crippen molar-refractivity contribution in [3.63, 3.8) is 0 Å². The van der Waals surface area contributed by atoms with Crippen LogP contribution in [0, 0.1) is 11.3 Å². The minimum Gasteiger partial charge on any atom is -0.465 e. The normalized spacial score (nSPS) is 9.93. The molecule has 0 aliphatic rings. The molecule has 0 amide bonds. The summed E-state index contributed by atoms with van der Waals surface area (Å²) in [7, 11) is 1.28. The van der Waals surface area contributed by atoms with Gasteiger partial charge in [-0.1, -0.05) is 30.3 Å². The summed E-state index contributed by atoms with van der Waals surface area (Å²) in [6.07, 6.45) is 0. The van der Waals surface area contributed by atoms with Gasteiger partial charge in [0.25, 0.3) is 0 Å². The molecule has 0 aromatic heterocycles. The molecule has 0 spiro atoms. The van der Waals surface area contributed by atoms with Crippen LogP contribution in [-0.4, -0.2) is 19.0 Å². The van der Waals surface area contributed by atoms with Crippen molar-refractivity contribution in [1.29, 1.82) is 5.26 Å². The number of ether oxygens (including phenoxy) is 2. The monoisotopic (exact) mass is 357 g/mol. The Morgan fingerprint density at radius 3 is 1.93 bits per heavy atom. The van der Waals surface area contributed by atoms with Gasteiger partial charge in [-0.15, -0.1) is 0 Å². The molecule has 3 rings (SSSR count). The van der Waals surface area contributed by atoms with E-state index in [0.717, 1.165) is 11.1 Å². The van der Waals surface area contributed by atoms with Gasteiger partial charge >= 0.3 is 11.9 Å². The van der Waals surface area contributed by atoms with E-state index in [2.05, 4.69) is 10.8 Å². The van der Waals surface area contributed by atoms with Gasteiger partial charge in [-0.2, -0.15) is 5.26 Å². The minimum absolute atomic E-state index is 0.258. The van der Waals surface area contributed by atoms with Crippen molar-refractivity contribution in [2.45, 2.75) is 0 Å². The molecular weight excluding hydrogens is 342 g/mol. The maximum Gasteiger partial charge on any atom is 0.343 e. The lowest BCUT2D eigenvalue weighted by Crippen LogP contribution is -2.10. The quantitative estimate of drug-likeness (QED) is 0.516. The van der Waals surface area contributed by atoms with E-state index in [1.54, 1.807) is 42.5 Å². The molecule has 0 radical (unpaired) electrons. The first kappa shape index (κ1) is 17.9. The van der Waals surface area contributed by atoms with Crippen molar-refractivity contribution in [3.05, 3.63) is 89.5 Å². The molecule has 0 fully saturated rings. The van der Waals surface area contributed by atoms with Crippen LogP contribution in [0.15, 0.2) is 72.8 Å². The first-order chi connectivity index (χ1) is 13.1. The minimum atomic E-state index is -0.563. The average Bonchev–Trinajstić information content (AvgIpc) is 2.74. The van der Waals surface area contributed by atoms with Crippen LogP contribution in [0.5, 0.6) is 5.75 Å². The third-order valence-electron chi connectivity index (χ3n) is 3.93. The fourth-order valence-electron chi connectivity index (χ4n) is 2.51. The molecule has 0 atom stereocenters. The Balaban J connectivity index is 1.73. The third-order valence-corrected chi connectivity index (χ3v) is 3.93. The number of benzene rings is 3. The Kier molecular flexibility index (Phi) is 5.29. The second kappa shape index (κ2) is 7.98. The lowest BCUT2D eigenvalue weighted by molar-refractivity contribution is 0.0600. The molecular formula is C22H15NO4. The summed E-state index contributed by atoms with van der Waals surface area (Å²) >= 11 is 0. The fourth-order valence-corrected chi connectivity index (χ4v) is 2.51. The molecule has 5 nitrogen and oxygen atoms in total. The van der Waals surface area contributed by atoms with Gasteiger partial charge in [-0.25, -0.2) is 9.59 Å². The molecule has 5 heteroatoms. The number of carbonyl (C=O) groups is 2. The molecule has 0 N–H and O–H groups in total. The lowest BCUT2D eigenvalue weighted by atomic mass is 10.0. The number of esters is 2. The van der Waals surface area contributed by atoms with E-state index < -0.39 is 11.9 Å². The number of rotatable bonds is 4. The number of carbonyl (C=O) groups excluding carboxylic acids is 2. The molecule has 0 aliphatic carbocycles. The summed E-state index contributed by atoms with van der Waals surface area (Å²) < 4.78 is 10.0. The van der Waals surface area contributed by atoms with Crippen molar-refractivity contribution in [3.8, 4) is 22.9 Å². The summed E-state index contributed by atoms with van der Waals surface area (Å²) in [6.45, 7) is 0. The van der Waals surface area contributed by atoms with E-state index in [-0.39, 0.29) is 11.1 Å². The van der Waals surface area contributed by atoms with Gasteiger partial charge in [-0.3, -0.25) is 0 Å². The molecule has 132 valence electrons. The Morgan fingerprint density at radius 1 is 0.815 bits per heavy atom.